The summed E-state index contributed by atoms with van der Waals surface area (Å²) in [6.45, 7) is 3.08. The third-order valence-corrected chi connectivity index (χ3v) is 3.66. The summed E-state index contributed by atoms with van der Waals surface area (Å²) in [5, 5.41) is 21.5. The number of hydrogen-bond donors (Lipinski definition) is 2. The molecule has 0 aromatic carbocycles. The largest absolute Gasteiger partial charge is 0.396 e. The normalized spacial score (nSPS) is 33.2. The second-order valence-corrected chi connectivity index (χ2v) is 4.95. The Labute approximate surface area is 83.5 Å². The Bertz CT molecular complexity index is 204. The molecule has 0 saturated carbocycles. The van der Waals surface area contributed by atoms with Crippen LogP contribution in [-0.2, 0) is 0 Å². The first-order valence-electron chi connectivity index (χ1n) is 4.61. The SMILES string of the molecule is CC1CC(C#N)(NCCCO)CS1. The Hall–Kier alpha value is -0.240. The van der Waals surface area contributed by atoms with E-state index >= 15 is 0 Å². The van der Waals surface area contributed by atoms with Crippen molar-refractivity contribution in [2.75, 3.05) is 18.9 Å². The van der Waals surface area contributed by atoms with Crippen LogP contribution in [0.3, 0.4) is 0 Å². The van der Waals surface area contributed by atoms with Crippen LogP contribution in [0.5, 0.6) is 0 Å². The Balaban J connectivity index is 2.38. The van der Waals surface area contributed by atoms with Gasteiger partial charge in [-0.05, 0) is 19.4 Å². The van der Waals surface area contributed by atoms with Crippen molar-refractivity contribution < 1.29 is 5.11 Å². The van der Waals surface area contributed by atoms with Gasteiger partial charge in [-0.15, -0.1) is 0 Å². The first kappa shape index (κ1) is 10.8. The fourth-order valence-electron chi connectivity index (χ4n) is 1.54. The van der Waals surface area contributed by atoms with E-state index in [1.807, 2.05) is 11.8 Å². The van der Waals surface area contributed by atoms with Crippen LogP contribution in [0.4, 0.5) is 0 Å². The van der Waals surface area contributed by atoms with Gasteiger partial charge >= 0.3 is 0 Å². The monoisotopic (exact) mass is 200 g/mol. The van der Waals surface area contributed by atoms with Gasteiger partial charge in [-0.2, -0.15) is 17.0 Å². The second-order valence-electron chi connectivity index (χ2n) is 3.52. The zero-order valence-corrected chi connectivity index (χ0v) is 8.73. The third kappa shape index (κ3) is 2.87. The van der Waals surface area contributed by atoms with Crippen LogP contribution in [0.1, 0.15) is 19.8 Å². The first-order chi connectivity index (χ1) is 6.22. The van der Waals surface area contributed by atoms with E-state index in [0.29, 0.717) is 5.25 Å². The summed E-state index contributed by atoms with van der Waals surface area (Å²) >= 11 is 1.84. The van der Waals surface area contributed by atoms with Crippen LogP contribution >= 0.6 is 11.8 Å². The Morgan fingerprint density at radius 3 is 3.00 bits per heavy atom. The topological polar surface area (TPSA) is 56.0 Å². The minimum absolute atomic E-state index is 0.192. The maximum Gasteiger partial charge on any atom is 0.116 e. The quantitative estimate of drug-likeness (QED) is 0.657. The smallest absolute Gasteiger partial charge is 0.116 e. The first-order valence-corrected chi connectivity index (χ1v) is 5.66. The number of thioether (sulfide) groups is 1. The summed E-state index contributed by atoms with van der Waals surface area (Å²) in [5.74, 6) is 0.871. The van der Waals surface area contributed by atoms with Crippen molar-refractivity contribution in [3.05, 3.63) is 0 Å². The fourth-order valence-corrected chi connectivity index (χ4v) is 2.80. The molecular weight excluding hydrogens is 184 g/mol. The van der Waals surface area contributed by atoms with Gasteiger partial charge in [0.05, 0.1) is 6.07 Å². The highest BCUT2D eigenvalue weighted by molar-refractivity contribution is 8.00. The highest BCUT2D eigenvalue weighted by Crippen LogP contribution is 2.33. The summed E-state index contributed by atoms with van der Waals surface area (Å²) in [7, 11) is 0. The van der Waals surface area contributed by atoms with Crippen LogP contribution < -0.4 is 5.32 Å². The molecule has 0 aliphatic carbocycles. The molecule has 1 aliphatic rings. The molecule has 0 amide bonds. The number of aliphatic hydroxyl groups is 1. The lowest BCUT2D eigenvalue weighted by molar-refractivity contribution is 0.279. The van der Waals surface area contributed by atoms with Crippen molar-refractivity contribution in [1.29, 1.82) is 5.26 Å². The van der Waals surface area contributed by atoms with Gasteiger partial charge in [0.2, 0.25) is 0 Å². The van der Waals surface area contributed by atoms with Gasteiger partial charge in [-0.1, -0.05) is 6.92 Å². The lowest BCUT2D eigenvalue weighted by Crippen LogP contribution is -2.44. The van der Waals surface area contributed by atoms with E-state index in [1.165, 1.54) is 0 Å². The standard InChI is InChI=1S/C9H16N2OS/c1-8-5-9(6-10,7-13-8)11-3-2-4-12/h8,11-12H,2-5,7H2,1H3. The molecule has 4 heteroatoms. The van der Waals surface area contributed by atoms with Crippen molar-refractivity contribution in [2.24, 2.45) is 0 Å². The predicted octanol–water partition coefficient (Wildman–Crippen LogP) is 0.746. The number of aliphatic hydroxyl groups excluding tert-OH is 1. The van der Waals surface area contributed by atoms with Crippen LogP contribution in [0.2, 0.25) is 0 Å². The van der Waals surface area contributed by atoms with Crippen molar-refractivity contribution in [1.82, 2.24) is 5.32 Å². The summed E-state index contributed by atoms with van der Waals surface area (Å²) in [6, 6.07) is 2.35. The summed E-state index contributed by atoms with van der Waals surface area (Å²) in [5.41, 5.74) is -0.334. The highest BCUT2D eigenvalue weighted by Gasteiger charge is 2.37. The average molecular weight is 200 g/mol. The highest BCUT2D eigenvalue weighted by atomic mass is 32.2. The van der Waals surface area contributed by atoms with E-state index in [1.54, 1.807) is 0 Å². The third-order valence-electron chi connectivity index (χ3n) is 2.26. The van der Waals surface area contributed by atoms with Crippen LogP contribution in [0.25, 0.3) is 0 Å². The molecule has 1 rings (SSSR count). The molecule has 0 bridgehead atoms. The summed E-state index contributed by atoms with van der Waals surface area (Å²) < 4.78 is 0. The van der Waals surface area contributed by atoms with Gasteiger partial charge in [-0.3, -0.25) is 5.32 Å². The fraction of sp³-hybridized carbons (Fsp3) is 0.889. The van der Waals surface area contributed by atoms with Gasteiger partial charge in [0.1, 0.15) is 5.54 Å². The Morgan fingerprint density at radius 1 is 1.77 bits per heavy atom. The number of rotatable bonds is 4. The molecule has 0 aromatic rings. The van der Waals surface area contributed by atoms with E-state index in [4.69, 9.17) is 10.4 Å². The molecule has 13 heavy (non-hydrogen) atoms. The van der Waals surface area contributed by atoms with E-state index in [2.05, 4.69) is 18.3 Å². The molecule has 1 heterocycles. The molecule has 1 saturated heterocycles. The molecule has 0 radical (unpaired) electrons. The van der Waals surface area contributed by atoms with Gasteiger partial charge < -0.3 is 5.11 Å². The van der Waals surface area contributed by atoms with Crippen LogP contribution in [0, 0.1) is 11.3 Å². The second kappa shape index (κ2) is 4.85. The van der Waals surface area contributed by atoms with Crippen molar-refractivity contribution in [3.63, 3.8) is 0 Å². The van der Waals surface area contributed by atoms with Gasteiger partial charge in [0.25, 0.3) is 0 Å². The Morgan fingerprint density at radius 2 is 2.54 bits per heavy atom. The molecule has 1 aliphatic heterocycles. The van der Waals surface area contributed by atoms with E-state index in [9.17, 15) is 0 Å². The van der Waals surface area contributed by atoms with E-state index in [0.717, 1.165) is 25.1 Å². The van der Waals surface area contributed by atoms with Gasteiger partial charge in [0.15, 0.2) is 0 Å². The summed E-state index contributed by atoms with van der Waals surface area (Å²) in [4.78, 5) is 0. The molecule has 0 spiro atoms. The van der Waals surface area contributed by atoms with Crippen LogP contribution in [0.15, 0.2) is 0 Å². The minimum Gasteiger partial charge on any atom is -0.396 e. The predicted molar refractivity (Wildman–Crippen MR) is 54.6 cm³/mol. The Kier molecular flexibility index (Phi) is 4.04. The van der Waals surface area contributed by atoms with Crippen molar-refractivity contribution in [2.45, 2.75) is 30.6 Å². The zero-order valence-electron chi connectivity index (χ0n) is 7.92. The van der Waals surface area contributed by atoms with Crippen molar-refractivity contribution >= 4 is 11.8 Å². The summed E-state index contributed by atoms with van der Waals surface area (Å²) in [6.07, 6.45) is 1.64. The van der Waals surface area contributed by atoms with Gasteiger partial charge in [0, 0.05) is 17.6 Å². The minimum atomic E-state index is -0.334. The number of hydrogen-bond acceptors (Lipinski definition) is 4. The number of nitrogens with one attached hydrogen (secondary N) is 1. The molecule has 2 atom stereocenters. The number of nitrogens with zero attached hydrogens (tertiary/aromatic N) is 1. The molecule has 0 aromatic heterocycles. The molecule has 2 N–H and O–H groups in total. The van der Waals surface area contributed by atoms with E-state index in [-0.39, 0.29) is 12.1 Å². The van der Waals surface area contributed by atoms with E-state index < -0.39 is 0 Å². The van der Waals surface area contributed by atoms with Gasteiger partial charge in [-0.25, -0.2) is 0 Å². The number of nitriles is 1. The lowest BCUT2D eigenvalue weighted by atomic mass is 9.98. The van der Waals surface area contributed by atoms with Crippen LogP contribution in [-0.4, -0.2) is 34.8 Å². The van der Waals surface area contributed by atoms with Crippen molar-refractivity contribution in [3.8, 4) is 6.07 Å². The molecule has 74 valence electrons. The maximum atomic E-state index is 9.05. The molecule has 3 nitrogen and oxygen atoms in total. The lowest BCUT2D eigenvalue weighted by Gasteiger charge is -2.21. The molecule has 1 fully saturated rings. The zero-order chi connectivity index (χ0) is 9.73. The molecule has 2 unspecified atom stereocenters. The average Bonchev–Trinajstić information content (AvgIpc) is 2.49. The maximum absolute atomic E-state index is 9.05. The molecular formula is C9H16N2OS.